The van der Waals surface area contributed by atoms with E-state index in [0.29, 0.717) is 11.0 Å². The van der Waals surface area contributed by atoms with Gasteiger partial charge in [-0.05, 0) is 30.2 Å². The van der Waals surface area contributed by atoms with Crippen LogP contribution in [0.3, 0.4) is 0 Å². The van der Waals surface area contributed by atoms with Crippen molar-refractivity contribution in [1.82, 2.24) is 0 Å². The molecule has 0 aliphatic rings. The highest BCUT2D eigenvalue weighted by Crippen LogP contribution is 2.23. The molecule has 0 aliphatic carbocycles. The van der Waals surface area contributed by atoms with Crippen LogP contribution in [0.4, 0.5) is 10.1 Å². The van der Waals surface area contributed by atoms with Crippen molar-refractivity contribution in [3.05, 3.63) is 65.5 Å². The summed E-state index contributed by atoms with van der Waals surface area (Å²) in [6.07, 6.45) is 0. The molecule has 0 unspecified atom stereocenters. The molecule has 1 nitrogen and oxygen atoms in total. The zero-order chi connectivity index (χ0) is 13.7. The molecule has 0 atom stereocenters. The number of alkyl halides is 1. The highest BCUT2D eigenvalue weighted by molar-refractivity contribution is 9.08. The van der Waals surface area contributed by atoms with E-state index in [9.17, 15) is 4.39 Å². The molecule has 0 heterocycles. The number of benzene rings is 2. The summed E-state index contributed by atoms with van der Waals surface area (Å²) >= 11 is 3.34. The van der Waals surface area contributed by atoms with Crippen molar-refractivity contribution in [2.75, 3.05) is 11.4 Å². The van der Waals surface area contributed by atoms with Crippen LogP contribution in [0.2, 0.25) is 0 Å². The Kier molecular flexibility index (Phi) is 4.97. The lowest BCUT2D eigenvalue weighted by Crippen LogP contribution is -2.23. The van der Waals surface area contributed by atoms with Crippen LogP contribution in [0.15, 0.2) is 48.5 Å². The SMILES string of the molecule is CCN(Cc1ccccc1)c1ccc(CBr)cc1F. The first-order valence-corrected chi connectivity index (χ1v) is 7.50. The third-order valence-electron chi connectivity index (χ3n) is 3.11. The van der Waals surface area contributed by atoms with Crippen LogP contribution < -0.4 is 4.90 Å². The van der Waals surface area contributed by atoms with E-state index < -0.39 is 0 Å². The second-order valence-electron chi connectivity index (χ2n) is 4.42. The molecule has 2 aromatic rings. The summed E-state index contributed by atoms with van der Waals surface area (Å²) in [7, 11) is 0. The average molecular weight is 322 g/mol. The van der Waals surface area contributed by atoms with Crippen LogP contribution in [0.5, 0.6) is 0 Å². The lowest BCUT2D eigenvalue weighted by molar-refractivity contribution is 0.616. The van der Waals surface area contributed by atoms with Gasteiger partial charge in [0, 0.05) is 18.4 Å². The predicted octanol–water partition coefficient (Wildman–Crippen LogP) is 4.75. The first-order chi connectivity index (χ1) is 9.24. The van der Waals surface area contributed by atoms with Gasteiger partial charge in [-0.3, -0.25) is 0 Å². The van der Waals surface area contributed by atoms with Crippen molar-refractivity contribution in [3.63, 3.8) is 0 Å². The fourth-order valence-electron chi connectivity index (χ4n) is 2.06. The first-order valence-electron chi connectivity index (χ1n) is 6.38. The van der Waals surface area contributed by atoms with Crippen molar-refractivity contribution in [2.24, 2.45) is 0 Å². The van der Waals surface area contributed by atoms with Gasteiger partial charge in [0.2, 0.25) is 0 Å². The molecule has 0 aromatic heterocycles. The van der Waals surface area contributed by atoms with E-state index in [0.717, 1.165) is 18.7 Å². The molecule has 2 rings (SSSR count). The fraction of sp³-hybridized carbons (Fsp3) is 0.250. The molecular formula is C16H17BrFN. The summed E-state index contributed by atoms with van der Waals surface area (Å²) in [5.41, 5.74) is 2.81. The molecule has 0 spiro atoms. The molecule has 0 aliphatic heterocycles. The van der Waals surface area contributed by atoms with Crippen LogP contribution in [0.1, 0.15) is 18.1 Å². The van der Waals surface area contributed by atoms with Gasteiger partial charge in [-0.15, -0.1) is 0 Å². The Bertz CT molecular complexity index is 528. The minimum absolute atomic E-state index is 0.158. The number of rotatable bonds is 5. The summed E-state index contributed by atoms with van der Waals surface area (Å²) in [5.74, 6) is -0.158. The molecule has 0 radical (unpaired) electrons. The number of nitrogens with zero attached hydrogens (tertiary/aromatic N) is 1. The molecule has 2 aromatic carbocycles. The van der Waals surface area contributed by atoms with E-state index in [-0.39, 0.29) is 5.82 Å². The van der Waals surface area contributed by atoms with Crippen molar-refractivity contribution >= 4 is 21.6 Å². The molecule has 0 fully saturated rings. The quantitative estimate of drug-likeness (QED) is 0.718. The second-order valence-corrected chi connectivity index (χ2v) is 4.98. The predicted molar refractivity (Wildman–Crippen MR) is 82.2 cm³/mol. The Morgan fingerprint density at radius 1 is 1.05 bits per heavy atom. The third kappa shape index (κ3) is 3.57. The maximum absolute atomic E-state index is 14.1. The molecule has 0 amide bonds. The smallest absolute Gasteiger partial charge is 0.146 e. The third-order valence-corrected chi connectivity index (χ3v) is 3.75. The molecule has 0 N–H and O–H groups in total. The first kappa shape index (κ1) is 14.1. The summed E-state index contributed by atoms with van der Waals surface area (Å²) < 4.78 is 14.1. The number of anilines is 1. The molecule has 0 bridgehead atoms. The van der Waals surface area contributed by atoms with Crippen molar-refractivity contribution in [1.29, 1.82) is 0 Å². The van der Waals surface area contributed by atoms with Gasteiger partial charge in [0.1, 0.15) is 5.82 Å². The molecule has 19 heavy (non-hydrogen) atoms. The number of halogens is 2. The van der Waals surface area contributed by atoms with Gasteiger partial charge in [-0.25, -0.2) is 4.39 Å². The second kappa shape index (κ2) is 6.71. The standard InChI is InChI=1S/C16H17BrFN/c1-2-19(12-13-6-4-3-5-7-13)16-9-8-14(11-17)10-15(16)18/h3-10H,2,11-12H2,1H3. The average Bonchev–Trinajstić information content (AvgIpc) is 2.46. The molecule has 3 heteroatoms. The maximum atomic E-state index is 14.1. The molecule has 0 saturated heterocycles. The minimum Gasteiger partial charge on any atom is -0.365 e. The number of hydrogen-bond donors (Lipinski definition) is 0. The van der Waals surface area contributed by atoms with Gasteiger partial charge < -0.3 is 4.90 Å². The molecular weight excluding hydrogens is 305 g/mol. The van der Waals surface area contributed by atoms with E-state index in [1.807, 2.05) is 42.2 Å². The highest BCUT2D eigenvalue weighted by atomic mass is 79.9. The lowest BCUT2D eigenvalue weighted by atomic mass is 10.1. The number of hydrogen-bond acceptors (Lipinski definition) is 1. The van der Waals surface area contributed by atoms with Crippen LogP contribution in [-0.2, 0) is 11.9 Å². The normalized spacial score (nSPS) is 10.5. The zero-order valence-electron chi connectivity index (χ0n) is 10.9. The lowest BCUT2D eigenvalue weighted by Gasteiger charge is -2.24. The largest absolute Gasteiger partial charge is 0.365 e. The maximum Gasteiger partial charge on any atom is 0.146 e. The Morgan fingerprint density at radius 2 is 1.79 bits per heavy atom. The van der Waals surface area contributed by atoms with Crippen molar-refractivity contribution in [2.45, 2.75) is 18.8 Å². The topological polar surface area (TPSA) is 3.24 Å². The molecule has 0 saturated carbocycles. The van der Waals surface area contributed by atoms with Crippen LogP contribution >= 0.6 is 15.9 Å². The fourth-order valence-corrected chi connectivity index (χ4v) is 2.41. The van der Waals surface area contributed by atoms with Gasteiger partial charge in [-0.2, -0.15) is 0 Å². The van der Waals surface area contributed by atoms with E-state index >= 15 is 0 Å². The van der Waals surface area contributed by atoms with Gasteiger partial charge in [-0.1, -0.05) is 52.3 Å². The van der Waals surface area contributed by atoms with Crippen molar-refractivity contribution in [3.8, 4) is 0 Å². The Morgan fingerprint density at radius 3 is 2.37 bits per heavy atom. The van der Waals surface area contributed by atoms with Crippen LogP contribution in [-0.4, -0.2) is 6.54 Å². The Labute approximate surface area is 122 Å². The van der Waals surface area contributed by atoms with Gasteiger partial charge in [0.05, 0.1) is 5.69 Å². The summed E-state index contributed by atoms with van der Waals surface area (Å²) in [6, 6.07) is 15.5. The van der Waals surface area contributed by atoms with Crippen LogP contribution in [0.25, 0.3) is 0 Å². The van der Waals surface area contributed by atoms with E-state index in [1.54, 1.807) is 6.07 Å². The van der Waals surface area contributed by atoms with Gasteiger partial charge in [0.15, 0.2) is 0 Å². The minimum atomic E-state index is -0.158. The Balaban J connectivity index is 2.22. The summed E-state index contributed by atoms with van der Waals surface area (Å²) in [6.45, 7) is 3.54. The van der Waals surface area contributed by atoms with E-state index in [2.05, 4.69) is 28.1 Å². The molecule has 100 valence electrons. The van der Waals surface area contributed by atoms with Gasteiger partial charge >= 0.3 is 0 Å². The van der Waals surface area contributed by atoms with E-state index in [4.69, 9.17) is 0 Å². The summed E-state index contributed by atoms with van der Waals surface area (Å²) in [5, 5.41) is 0.676. The monoisotopic (exact) mass is 321 g/mol. The van der Waals surface area contributed by atoms with Gasteiger partial charge in [0.25, 0.3) is 0 Å². The van der Waals surface area contributed by atoms with E-state index in [1.165, 1.54) is 5.56 Å². The zero-order valence-corrected chi connectivity index (χ0v) is 12.5. The van der Waals surface area contributed by atoms with Crippen LogP contribution in [0, 0.1) is 5.82 Å². The van der Waals surface area contributed by atoms with Crippen molar-refractivity contribution < 1.29 is 4.39 Å². The highest BCUT2D eigenvalue weighted by Gasteiger charge is 2.11. The summed E-state index contributed by atoms with van der Waals surface area (Å²) in [4.78, 5) is 2.04. The Hall–Kier alpha value is -1.35.